The van der Waals surface area contributed by atoms with Gasteiger partial charge in [-0.3, -0.25) is 5.32 Å². The maximum atomic E-state index is 9.45. The number of guanidine groups is 1. The van der Waals surface area contributed by atoms with Gasteiger partial charge >= 0.3 is 0 Å². The molecule has 0 fully saturated rings. The summed E-state index contributed by atoms with van der Waals surface area (Å²) in [6.45, 7) is 0.307. The van der Waals surface area contributed by atoms with E-state index in [1.165, 1.54) is 0 Å². The number of nitrogens with two attached hydrogens (primary N) is 2. The number of nitriles is 3. The molecule has 33 heavy (non-hydrogen) atoms. The second-order valence-corrected chi connectivity index (χ2v) is 7.07. The molecule has 0 bridgehead atoms. The highest BCUT2D eigenvalue weighted by molar-refractivity contribution is 5.98. The van der Waals surface area contributed by atoms with Crippen LogP contribution in [0.3, 0.4) is 0 Å². The molecule has 0 amide bonds. The Bertz CT molecular complexity index is 1380. The van der Waals surface area contributed by atoms with E-state index in [0.717, 1.165) is 11.1 Å². The highest BCUT2D eigenvalue weighted by Gasteiger charge is 2.29. The first-order valence-corrected chi connectivity index (χ1v) is 9.74. The Morgan fingerprint density at radius 3 is 2.55 bits per heavy atom. The molecular weight excluding hydrogens is 418 g/mol. The number of fused-ring (bicyclic) bond motifs is 1. The number of nitrogens with one attached hydrogen (secondary N) is 2. The average molecular weight is 435 g/mol. The fourth-order valence-corrected chi connectivity index (χ4v) is 3.44. The van der Waals surface area contributed by atoms with Crippen LogP contribution in [0.25, 0.3) is 0 Å². The molecule has 10 nitrogen and oxygen atoms in total. The summed E-state index contributed by atoms with van der Waals surface area (Å²) in [6, 6.07) is 17.8. The Hall–Kier alpha value is -5.27. The third kappa shape index (κ3) is 4.15. The van der Waals surface area contributed by atoms with E-state index in [9.17, 15) is 5.26 Å². The van der Waals surface area contributed by atoms with Gasteiger partial charge in [0.05, 0.1) is 17.3 Å². The molecule has 0 aliphatic carbocycles. The van der Waals surface area contributed by atoms with Crippen molar-refractivity contribution >= 4 is 23.3 Å². The number of hydrogen-bond donors (Lipinski definition) is 4. The number of ether oxygens (including phenoxy) is 1. The number of nitrogens with zero attached hydrogens (tertiary/aromatic N) is 5. The van der Waals surface area contributed by atoms with Crippen molar-refractivity contribution in [2.75, 3.05) is 16.8 Å². The van der Waals surface area contributed by atoms with Gasteiger partial charge in [0.2, 0.25) is 5.96 Å². The van der Waals surface area contributed by atoms with Gasteiger partial charge in [-0.25, -0.2) is 9.98 Å². The smallest absolute Gasteiger partial charge is 0.211 e. The quantitative estimate of drug-likeness (QED) is 0.353. The zero-order chi connectivity index (χ0) is 23.4. The average Bonchev–Trinajstić information content (AvgIpc) is 2.83. The van der Waals surface area contributed by atoms with Crippen LogP contribution in [0.2, 0.25) is 0 Å². The van der Waals surface area contributed by atoms with Gasteiger partial charge in [0.25, 0.3) is 0 Å². The summed E-state index contributed by atoms with van der Waals surface area (Å²) < 4.78 is 5.92. The Morgan fingerprint density at radius 2 is 1.85 bits per heavy atom. The van der Waals surface area contributed by atoms with E-state index in [-0.39, 0.29) is 23.0 Å². The minimum atomic E-state index is -0.657. The lowest BCUT2D eigenvalue weighted by Crippen LogP contribution is -2.32. The fourth-order valence-electron chi connectivity index (χ4n) is 3.44. The molecular formula is C23H17N9O. The largest absolute Gasteiger partial charge is 0.489 e. The zero-order valence-electron chi connectivity index (χ0n) is 17.2. The van der Waals surface area contributed by atoms with Crippen molar-refractivity contribution in [2.24, 2.45) is 4.99 Å². The first kappa shape index (κ1) is 21.0. The first-order valence-electron chi connectivity index (χ1n) is 9.74. The van der Waals surface area contributed by atoms with Gasteiger partial charge in [-0.1, -0.05) is 24.3 Å². The van der Waals surface area contributed by atoms with Gasteiger partial charge in [-0.05, 0) is 35.4 Å². The summed E-state index contributed by atoms with van der Waals surface area (Å²) in [6.07, 6.45) is 1.82. The molecule has 0 radical (unpaired) electrons. The van der Waals surface area contributed by atoms with Gasteiger partial charge < -0.3 is 21.5 Å². The van der Waals surface area contributed by atoms with Crippen molar-refractivity contribution in [2.45, 2.75) is 12.6 Å². The molecule has 3 aromatic rings. The van der Waals surface area contributed by atoms with Crippen molar-refractivity contribution in [1.29, 1.82) is 15.8 Å². The molecule has 1 aliphatic heterocycles. The zero-order valence-corrected chi connectivity index (χ0v) is 17.2. The second kappa shape index (κ2) is 8.84. The molecule has 1 atom stereocenters. The van der Waals surface area contributed by atoms with E-state index in [1.807, 2.05) is 36.5 Å². The van der Waals surface area contributed by atoms with E-state index in [1.54, 1.807) is 24.3 Å². The molecule has 2 heterocycles. The minimum Gasteiger partial charge on any atom is -0.489 e. The van der Waals surface area contributed by atoms with E-state index < -0.39 is 6.04 Å². The number of nitrogen functional groups attached to an aromatic ring is 2. The molecule has 0 saturated heterocycles. The number of aromatic nitrogens is 1. The van der Waals surface area contributed by atoms with Crippen molar-refractivity contribution in [3.8, 4) is 24.1 Å². The number of pyridine rings is 1. The highest BCUT2D eigenvalue weighted by atomic mass is 16.5. The van der Waals surface area contributed by atoms with Crippen LogP contribution < -0.4 is 26.8 Å². The van der Waals surface area contributed by atoms with E-state index in [4.69, 9.17) is 26.7 Å². The van der Waals surface area contributed by atoms with E-state index in [0.29, 0.717) is 29.3 Å². The van der Waals surface area contributed by atoms with Crippen LogP contribution in [0.4, 0.5) is 17.3 Å². The van der Waals surface area contributed by atoms with Crippen LogP contribution in [-0.4, -0.2) is 10.9 Å². The molecule has 0 saturated carbocycles. The van der Waals surface area contributed by atoms with Crippen LogP contribution in [0, 0.1) is 34.1 Å². The number of anilines is 3. The van der Waals surface area contributed by atoms with Crippen molar-refractivity contribution in [3.05, 3.63) is 76.3 Å². The van der Waals surface area contributed by atoms with Gasteiger partial charge in [0.1, 0.15) is 41.7 Å². The number of rotatable bonds is 4. The third-order valence-electron chi connectivity index (χ3n) is 5.02. The monoisotopic (exact) mass is 435 g/mol. The predicted octanol–water partition coefficient (Wildman–Crippen LogP) is 2.51. The Labute approximate surface area is 189 Å². The first-order chi connectivity index (χ1) is 16.0. The lowest BCUT2D eigenvalue weighted by Gasteiger charge is -2.26. The standard InChI is InChI=1S/C23H17N9O/c24-9-13-4-6-14(7-5-13)11-33-16-3-1-2-15(8-16)20-18-19(27)17(10-25)21(28)31-22(18)32-23(30-20)29-12-26/h1-8,20H,11H2,(H6,27,28,29,30,31,32). The summed E-state index contributed by atoms with van der Waals surface area (Å²) in [5.74, 6) is 1.06. The van der Waals surface area contributed by atoms with Gasteiger partial charge in [0, 0.05) is 5.56 Å². The van der Waals surface area contributed by atoms with Gasteiger partial charge in [0.15, 0.2) is 6.19 Å². The van der Waals surface area contributed by atoms with Crippen LogP contribution in [0.1, 0.15) is 33.9 Å². The van der Waals surface area contributed by atoms with Crippen molar-refractivity contribution < 1.29 is 4.74 Å². The minimum absolute atomic E-state index is 0.0160. The van der Waals surface area contributed by atoms with Crippen molar-refractivity contribution in [3.63, 3.8) is 0 Å². The van der Waals surface area contributed by atoms with E-state index >= 15 is 0 Å². The third-order valence-corrected chi connectivity index (χ3v) is 5.02. The van der Waals surface area contributed by atoms with Gasteiger partial charge in [-0.15, -0.1) is 0 Å². The van der Waals surface area contributed by atoms with Crippen LogP contribution in [-0.2, 0) is 6.61 Å². The fraction of sp³-hybridized carbons (Fsp3) is 0.0870. The summed E-state index contributed by atoms with van der Waals surface area (Å²) in [5.41, 5.74) is 15.1. The van der Waals surface area contributed by atoms with Crippen LogP contribution >= 0.6 is 0 Å². The maximum absolute atomic E-state index is 9.45. The molecule has 0 spiro atoms. The molecule has 1 aliphatic rings. The maximum Gasteiger partial charge on any atom is 0.211 e. The van der Waals surface area contributed by atoms with Crippen molar-refractivity contribution in [1.82, 2.24) is 10.3 Å². The Kier molecular flexibility index (Phi) is 5.62. The summed E-state index contributed by atoms with van der Waals surface area (Å²) in [4.78, 5) is 8.79. The van der Waals surface area contributed by atoms with Crippen LogP contribution in [0.5, 0.6) is 5.75 Å². The van der Waals surface area contributed by atoms with Gasteiger partial charge in [-0.2, -0.15) is 15.8 Å². The molecule has 4 rings (SSSR count). The molecule has 1 unspecified atom stereocenters. The Morgan fingerprint density at radius 1 is 1.06 bits per heavy atom. The number of hydrogen-bond acceptors (Lipinski definition) is 10. The SMILES string of the molecule is N#CNC1=NC(c2cccc(OCc3ccc(C#N)cc3)c2)c2c(nc(N)c(C#N)c2N)N1. The topological polar surface area (TPSA) is 182 Å². The molecule has 6 N–H and O–H groups in total. The summed E-state index contributed by atoms with van der Waals surface area (Å²) in [5, 5.41) is 32.8. The predicted molar refractivity (Wildman–Crippen MR) is 121 cm³/mol. The summed E-state index contributed by atoms with van der Waals surface area (Å²) in [7, 11) is 0. The second-order valence-electron chi connectivity index (χ2n) is 7.07. The molecule has 1 aromatic heterocycles. The van der Waals surface area contributed by atoms with Crippen LogP contribution in [0.15, 0.2) is 53.5 Å². The number of benzene rings is 2. The number of aliphatic imine (C=N–C) groups is 1. The lowest BCUT2D eigenvalue weighted by atomic mass is 9.95. The molecule has 2 aromatic carbocycles. The Balaban J connectivity index is 1.69. The summed E-state index contributed by atoms with van der Waals surface area (Å²) >= 11 is 0. The highest BCUT2D eigenvalue weighted by Crippen LogP contribution is 2.41. The molecule has 10 heteroatoms. The molecule has 160 valence electrons. The van der Waals surface area contributed by atoms with E-state index in [2.05, 4.69) is 26.7 Å². The lowest BCUT2D eigenvalue weighted by molar-refractivity contribution is 0.306. The normalized spacial score (nSPS) is 13.8.